The molecular formula is C13H21FN2OS. The number of methoxy groups -OCH3 is 1. The molecule has 0 radical (unpaired) electrons. The highest BCUT2D eigenvalue weighted by molar-refractivity contribution is 7.99. The molecule has 1 rings (SSSR count). The van der Waals surface area contributed by atoms with Gasteiger partial charge in [0.15, 0.2) is 0 Å². The van der Waals surface area contributed by atoms with Crippen molar-refractivity contribution in [3.8, 4) is 5.75 Å². The number of rotatable bonds is 7. The summed E-state index contributed by atoms with van der Waals surface area (Å²) in [5.41, 5.74) is 6.39. The number of nitrogens with two attached hydrogens (primary N) is 1. The molecule has 1 aromatic rings. The number of hydrogen-bond acceptors (Lipinski definition) is 4. The molecule has 0 aliphatic carbocycles. The van der Waals surface area contributed by atoms with Crippen LogP contribution in [0.5, 0.6) is 5.75 Å². The second-order valence-corrected chi connectivity index (χ2v) is 5.50. The molecule has 3 nitrogen and oxygen atoms in total. The number of hydrogen-bond donors (Lipinski definition) is 2. The minimum absolute atomic E-state index is 0.215. The molecule has 0 saturated heterocycles. The molecule has 1 aromatic carbocycles. The first-order valence-corrected chi connectivity index (χ1v) is 7.21. The summed E-state index contributed by atoms with van der Waals surface area (Å²) in [6, 6.07) is 3.11. The van der Waals surface area contributed by atoms with Gasteiger partial charge < -0.3 is 15.8 Å². The third-order valence-corrected chi connectivity index (χ3v) is 3.55. The Morgan fingerprint density at radius 2 is 2.22 bits per heavy atom. The van der Waals surface area contributed by atoms with Crippen LogP contribution in [0.4, 0.5) is 15.8 Å². The molecule has 0 aliphatic heterocycles. The van der Waals surface area contributed by atoms with Crippen molar-refractivity contribution in [3.05, 3.63) is 17.9 Å². The van der Waals surface area contributed by atoms with Gasteiger partial charge in [-0.2, -0.15) is 11.8 Å². The molecule has 5 heteroatoms. The predicted octanol–water partition coefficient (Wildman–Crippen LogP) is 3.36. The van der Waals surface area contributed by atoms with Crippen molar-refractivity contribution in [1.29, 1.82) is 0 Å². The summed E-state index contributed by atoms with van der Waals surface area (Å²) in [5, 5.41) is 3.15. The molecule has 0 spiro atoms. The largest absolute Gasteiger partial charge is 0.495 e. The molecule has 0 bridgehead atoms. The Hall–Kier alpha value is -1.10. The van der Waals surface area contributed by atoms with Crippen molar-refractivity contribution in [1.82, 2.24) is 0 Å². The van der Waals surface area contributed by atoms with Crippen molar-refractivity contribution >= 4 is 23.1 Å². The molecular weight excluding hydrogens is 251 g/mol. The lowest BCUT2D eigenvalue weighted by Crippen LogP contribution is -2.17. The van der Waals surface area contributed by atoms with Crippen LogP contribution in [0.3, 0.4) is 0 Å². The van der Waals surface area contributed by atoms with Crippen LogP contribution in [0.1, 0.15) is 20.3 Å². The lowest BCUT2D eigenvalue weighted by molar-refractivity contribution is 0.416. The van der Waals surface area contributed by atoms with E-state index in [9.17, 15) is 4.39 Å². The maximum Gasteiger partial charge on any atom is 0.148 e. The Kier molecular flexibility index (Phi) is 6.12. The van der Waals surface area contributed by atoms with Gasteiger partial charge in [-0.3, -0.25) is 0 Å². The lowest BCUT2D eigenvalue weighted by atomic mass is 10.2. The first-order valence-electron chi connectivity index (χ1n) is 6.05. The van der Waals surface area contributed by atoms with Crippen LogP contribution in [-0.2, 0) is 0 Å². The Morgan fingerprint density at radius 3 is 2.83 bits per heavy atom. The molecule has 0 amide bonds. The van der Waals surface area contributed by atoms with E-state index in [1.807, 2.05) is 18.7 Å². The molecule has 3 N–H and O–H groups in total. The van der Waals surface area contributed by atoms with Crippen molar-refractivity contribution in [3.63, 3.8) is 0 Å². The first kappa shape index (κ1) is 15.0. The van der Waals surface area contributed by atoms with E-state index < -0.39 is 0 Å². The van der Waals surface area contributed by atoms with E-state index in [0.29, 0.717) is 17.1 Å². The number of thioether (sulfide) groups is 1. The second-order valence-electron chi connectivity index (χ2n) is 4.10. The van der Waals surface area contributed by atoms with E-state index in [-0.39, 0.29) is 11.9 Å². The zero-order valence-corrected chi connectivity index (χ0v) is 11.9. The van der Waals surface area contributed by atoms with Crippen molar-refractivity contribution in [2.24, 2.45) is 0 Å². The SMILES string of the molecule is CCSCCC(C)Nc1cc(OC)c(N)cc1F. The van der Waals surface area contributed by atoms with Gasteiger partial charge >= 0.3 is 0 Å². The third-order valence-electron chi connectivity index (χ3n) is 2.62. The monoisotopic (exact) mass is 272 g/mol. The summed E-state index contributed by atoms with van der Waals surface area (Å²) in [6.45, 7) is 4.17. The second kappa shape index (κ2) is 7.36. The van der Waals surface area contributed by atoms with Gasteiger partial charge in [0.1, 0.15) is 11.6 Å². The van der Waals surface area contributed by atoms with Gasteiger partial charge in [-0.25, -0.2) is 4.39 Å². The molecule has 102 valence electrons. The zero-order valence-electron chi connectivity index (χ0n) is 11.1. The number of nitrogens with one attached hydrogen (secondary N) is 1. The Bertz CT molecular complexity index is 387. The Labute approximate surface area is 112 Å². The van der Waals surface area contributed by atoms with Gasteiger partial charge in [-0.15, -0.1) is 0 Å². The number of anilines is 2. The van der Waals surface area contributed by atoms with Gasteiger partial charge in [-0.1, -0.05) is 6.92 Å². The van der Waals surface area contributed by atoms with Gasteiger partial charge in [-0.05, 0) is 24.9 Å². The number of ether oxygens (including phenoxy) is 1. The standard InChI is InChI=1S/C13H21FN2OS/c1-4-18-6-5-9(2)16-12-8-13(17-3)11(15)7-10(12)14/h7-9,16H,4-6,15H2,1-3H3. The van der Waals surface area contributed by atoms with Crippen LogP contribution in [0, 0.1) is 5.82 Å². The predicted molar refractivity (Wildman–Crippen MR) is 78.1 cm³/mol. The van der Waals surface area contributed by atoms with E-state index in [0.717, 1.165) is 17.9 Å². The average Bonchev–Trinajstić information content (AvgIpc) is 2.33. The van der Waals surface area contributed by atoms with Crippen molar-refractivity contribution < 1.29 is 9.13 Å². The highest BCUT2D eigenvalue weighted by Crippen LogP contribution is 2.28. The van der Waals surface area contributed by atoms with Gasteiger partial charge in [0, 0.05) is 18.2 Å². The van der Waals surface area contributed by atoms with E-state index >= 15 is 0 Å². The summed E-state index contributed by atoms with van der Waals surface area (Å²) in [6.07, 6.45) is 0.991. The molecule has 0 saturated carbocycles. The van der Waals surface area contributed by atoms with Gasteiger partial charge in [0.2, 0.25) is 0 Å². The van der Waals surface area contributed by atoms with Crippen LogP contribution < -0.4 is 15.8 Å². The maximum absolute atomic E-state index is 13.7. The number of benzene rings is 1. The van der Waals surface area contributed by atoms with Gasteiger partial charge in [0.25, 0.3) is 0 Å². The summed E-state index contributed by atoms with van der Waals surface area (Å²) in [7, 11) is 1.52. The normalized spacial score (nSPS) is 12.2. The van der Waals surface area contributed by atoms with E-state index in [1.165, 1.54) is 13.2 Å². The molecule has 0 fully saturated rings. The highest BCUT2D eigenvalue weighted by Gasteiger charge is 2.10. The van der Waals surface area contributed by atoms with Crippen LogP contribution in [0.25, 0.3) is 0 Å². The smallest absolute Gasteiger partial charge is 0.148 e. The minimum atomic E-state index is -0.344. The summed E-state index contributed by atoms with van der Waals surface area (Å²) in [5.74, 6) is 2.33. The van der Waals surface area contributed by atoms with E-state index in [2.05, 4.69) is 12.2 Å². The summed E-state index contributed by atoms with van der Waals surface area (Å²) < 4.78 is 18.8. The quantitative estimate of drug-likeness (QED) is 0.590. The Morgan fingerprint density at radius 1 is 1.50 bits per heavy atom. The van der Waals surface area contributed by atoms with Crippen LogP contribution in [0.15, 0.2) is 12.1 Å². The molecule has 1 unspecified atom stereocenters. The number of halogens is 1. The van der Waals surface area contributed by atoms with E-state index in [4.69, 9.17) is 10.5 Å². The molecule has 0 heterocycles. The average molecular weight is 272 g/mol. The van der Waals surface area contributed by atoms with Crippen molar-refractivity contribution in [2.75, 3.05) is 29.7 Å². The molecule has 0 aromatic heterocycles. The highest BCUT2D eigenvalue weighted by atomic mass is 32.2. The van der Waals surface area contributed by atoms with Crippen molar-refractivity contribution in [2.45, 2.75) is 26.3 Å². The number of nitrogen functional groups attached to an aromatic ring is 1. The lowest BCUT2D eigenvalue weighted by Gasteiger charge is -2.17. The maximum atomic E-state index is 13.7. The summed E-state index contributed by atoms with van der Waals surface area (Å²) >= 11 is 1.88. The fraction of sp³-hybridized carbons (Fsp3) is 0.538. The van der Waals surface area contributed by atoms with Crippen LogP contribution in [-0.4, -0.2) is 24.7 Å². The molecule has 18 heavy (non-hydrogen) atoms. The topological polar surface area (TPSA) is 47.3 Å². The zero-order chi connectivity index (χ0) is 13.5. The molecule has 0 aliphatic rings. The summed E-state index contributed by atoms with van der Waals surface area (Å²) in [4.78, 5) is 0. The minimum Gasteiger partial charge on any atom is -0.495 e. The fourth-order valence-corrected chi connectivity index (χ4v) is 2.41. The fourth-order valence-electron chi connectivity index (χ4n) is 1.60. The first-order chi connectivity index (χ1) is 8.58. The van der Waals surface area contributed by atoms with Crippen LogP contribution in [0.2, 0.25) is 0 Å². The Balaban J connectivity index is 2.65. The molecule has 1 atom stereocenters. The van der Waals surface area contributed by atoms with E-state index in [1.54, 1.807) is 6.07 Å². The van der Waals surface area contributed by atoms with Crippen LogP contribution >= 0.6 is 11.8 Å². The third kappa shape index (κ3) is 4.29. The van der Waals surface area contributed by atoms with Gasteiger partial charge in [0.05, 0.1) is 18.5 Å².